The van der Waals surface area contributed by atoms with Crippen LogP contribution in [0.25, 0.3) is 0 Å². The minimum Gasteiger partial charge on any atom is -0.493 e. The molecule has 0 unspecified atom stereocenters. The lowest BCUT2D eigenvalue weighted by atomic mass is 9.84. The fourth-order valence-corrected chi connectivity index (χ4v) is 4.09. The Hall–Kier alpha value is -2.88. The molecule has 1 saturated heterocycles. The van der Waals surface area contributed by atoms with Crippen molar-refractivity contribution in [2.24, 2.45) is 11.8 Å². The lowest BCUT2D eigenvalue weighted by Gasteiger charge is -2.24. The van der Waals surface area contributed by atoms with Crippen molar-refractivity contribution in [3.63, 3.8) is 0 Å². The van der Waals surface area contributed by atoms with E-state index in [2.05, 4.69) is 12.0 Å². The van der Waals surface area contributed by atoms with Crippen LogP contribution in [0.1, 0.15) is 17.2 Å². The highest BCUT2D eigenvalue weighted by atomic mass is 16.5. The molecule has 1 fully saturated rings. The van der Waals surface area contributed by atoms with Crippen molar-refractivity contribution in [2.75, 3.05) is 48.3 Å². The lowest BCUT2D eigenvalue weighted by molar-refractivity contribution is 0.0503. The summed E-state index contributed by atoms with van der Waals surface area (Å²) in [4.78, 5) is 0. The van der Waals surface area contributed by atoms with Gasteiger partial charge in [-0.25, -0.2) is 0 Å². The molecule has 1 aliphatic rings. The van der Waals surface area contributed by atoms with Gasteiger partial charge in [-0.15, -0.1) is 6.42 Å². The Balaban J connectivity index is 1.83. The predicted molar refractivity (Wildman–Crippen MR) is 118 cm³/mol. The van der Waals surface area contributed by atoms with Gasteiger partial charge >= 0.3 is 0 Å². The molecular formula is C25H30O6. The summed E-state index contributed by atoms with van der Waals surface area (Å²) in [5.41, 5.74) is 2.18. The molecule has 0 aliphatic carbocycles. The van der Waals surface area contributed by atoms with Gasteiger partial charge < -0.3 is 28.4 Å². The highest BCUT2D eigenvalue weighted by molar-refractivity contribution is 5.44. The summed E-state index contributed by atoms with van der Waals surface area (Å²) in [6.45, 7) is 1.41. The second kappa shape index (κ2) is 10.9. The largest absolute Gasteiger partial charge is 0.493 e. The number of hydrogen-bond acceptors (Lipinski definition) is 6. The van der Waals surface area contributed by atoms with E-state index in [4.69, 9.17) is 34.8 Å². The molecule has 0 aromatic heterocycles. The lowest BCUT2D eigenvalue weighted by Crippen LogP contribution is -2.23. The van der Waals surface area contributed by atoms with Crippen LogP contribution in [-0.4, -0.2) is 48.3 Å². The van der Waals surface area contributed by atoms with Gasteiger partial charge in [0.25, 0.3) is 0 Å². The minimum absolute atomic E-state index is 0.122. The van der Waals surface area contributed by atoms with Crippen molar-refractivity contribution < 1.29 is 28.4 Å². The van der Waals surface area contributed by atoms with Crippen LogP contribution in [-0.2, 0) is 15.9 Å². The molecular weight excluding hydrogens is 396 g/mol. The van der Waals surface area contributed by atoms with Crippen LogP contribution in [0.2, 0.25) is 0 Å². The van der Waals surface area contributed by atoms with E-state index in [0.29, 0.717) is 30.5 Å². The van der Waals surface area contributed by atoms with Gasteiger partial charge in [0, 0.05) is 5.92 Å². The maximum absolute atomic E-state index is 6.26. The first kappa shape index (κ1) is 22.8. The number of methoxy groups -OCH3 is 4. The van der Waals surface area contributed by atoms with Crippen molar-refractivity contribution in [3.8, 4) is 35.3 Å². The molecule has 2 aromatic rings. The fourth-order valence-electron chi connectivity index (χ4n) is 4.09. The first-order chi connectivity index (χ1) is 15.1. The zero-order chi connectivity index (χ0) is 22.2. The molecule has 0 saturated carbocycles. The number of hydrogen-bond donors (Lipinski definition) is 0. The number of terminal acetylenes is 1. The van der Waals surface area contributed by atoms with E-state index in [1.54, 1.807) is 28.4 Å². The summed E-state index contributed by atoms with van der Waals surface area (Å²) in [7, 11) is 6.53. The molecule has 0 bridgehead atoms. The molecule has 0 spiro atoms. The third-order valence-electron chi connectivity index (χ3n) is 5.66. The monoisotopic (exact) mass is 426 g/mol. The summed E-state index contributed by atoms with van der Waals surface area (Å²) >= 11 is 0. The molecule has 1 aliphatic heterocycles. The van der Waals surface area contributed by atoms with E-state index < -0.39 is 0 Å². The van der Waals surface area contributed by atoms with Crippen molar-refractivity contribution in [1.82, 2.24) is 0 Å². The van der Waals surface area contributed by atoms with Gasteiger partial charge in [0.05, 0.1) is 47.8 Å². The van der Waals surface area contributed by atoms with E-state index in [9.17, 15) is 0 Å². The fraction of sp³-hybridized carbons (Fsp3) is 0.440. The summed E-state index contributed by atoms with van der Waals surface area (Å²) in [6.07, 6.45) is 6.09. The number of rotatable bonds is 10. The van der Waals surface area contributed by atoms with Crippen LogP contribution in [0.3, 0.4) is 0 Å². The summed E-state index contributed by atoms with van der Waals surface area (Å²) < 4.78 is 33.7. The third kappa shape index (κ3) is 5.25. The van der Waals surface area contributed by atoms with E-state index >= 15 is 0 Å². The predicted octanol–water partition coefficient (Wildman–Crippen LogP) is 3.92. The van der Waals surface area contributed by atoms with Gasteiger partial charge in [0.2, 0.25) is 0 Å². The Morgan fingerprint density at radius 1 is 0.903 bits per heavy atom. The SMILES string of the molecule is C#CCOC[C@H]1[C@@H](Cc2ccc(OC)c(OC)c2)CO[C@@H]1c1ccc(OC)c(OC)c1. The Kier molecular flexibility index (Phi) is 8.05. The second-order valence-electron chi connectivity index (χ2n) is 7.41. The van der Waals surface area contributed by atoms with Gasteiger partial charge in [-0.2, -0.15) is 0 Å². The van der Waals surface area contributed by atoms with Gasteiger partial charge in [-0.05, 0) is 47.7 Å². The van der Waals surface area contributed by atoms with E-state index in [1.807, 2.05) is 30.3 Å². The van der Waals surface area contributed by atoms with Gasteiger partial charge in [-0.1, -0.05) is 18.1 Å². The smallest absolute Gasteiger partial charge is 0.161 e. The minimum atomic E-state index is -0.122. The maximum atomic E-state index is 6.26. The quantitative estimate of drug-likeness (QED) is 0.424. The maximum Gasteiger partial charge on any atom is 0.161 e. The van der Waals surface area contributed by atoms with E-state index in [-0.39, 0.29) is 24.5 Å². The Labute approximate surface area is 184 Å². The van der Waals surface area contributed by atoms with Crippen LogP contribution >= 0.6 is 0 Å². The summed E-state index contributed by atoms with van der Waals surface area (Å²) in [5.74, 6) is 5.73. The van der Waals surface area contributed by atoms with E-state index in [1.165, 1.54) is 0 Å². The van der Waals surface area contributed by atoms with Gasteiger partial charge in [0.1, 0.15) is 6.61 Å². The zero-order valence-electron chi connectivity index (χ0n) is 18.6. The van der Waals surface area contributed by atoms with Crippen LogP contribution in [0.5, 0.6) is 23.0 Å². The Bertz CT molecular complexity index is 903. The van der Waals surface area contributed by atoms with Crippen LogP contribution in [0.4, 0.5) is 0 Å². The summed E-state index contributed by atoms with van der Waals surface area (Å²) in [6, 6.07) is 11.9. The zero-order valence-corrected chi connectivity index (χ0v) is 18.6. The molecule has 3 atom stereocenters. The topological polar surface area (TPSA) is 55.4 Å². The molecule has 6 nitrogen and oxygen atoms in total. The van der Waals surface area contributed by atoms with E-state index in [0.717, 1.165) is 23.3 Å². The van der Waals surface area contributed by atoms with Crippen LogP contribution in [0, 0.1) is 24.2 Å². The highest BCUT2D eigenvalue weighted by Crippen LogP contribution is 2.43. The molecule has 31 heavy (non-hydrogen) atoms. The van der Waals surface area contributed by atoms with Crippen LogP contribution < -0.4 is 18.9 Å². The Morgan fingerprint density at radius 3 is 2.19 bits per heavy atom. The molecule has 1 heterocycles. The molecule has 0 N–H and O–H groups in total. The van der Waals surface area contributed by atoms with Crippen LogP contribution in [0.15, 0.2) is 36.4 Å². The second-order valence-corrected chi connectivity index (χ2v) is 7.41. The molecule has 6 heteroatoms. The molecule has 0 amide bonds. The standard InChI is InChI=1S/C25H30O6/c1-6-11-30-16-20-19(12-17-7-9-21(26-2)23(13-17)28-4)15-31-25(20)18-8-10-22(27-3)24(14-18)29-5/h1,7-10,13-14,19-20,25H,11-12,15-16H2,2-5H3/t19-,20-,25+/m0/s1. The van der Waals surface area contributed by atoms with Crippen molar-refractivity contribution in [2.45, 2.75) is 12.5 Å². The summed E-state index contributed by atoms with van der Waals surface area (Å²) in [5, 5.41) is 0. The normalized spacial score (nSPS) is 20.2. The molecule has 3 rings (SSSR count). The average Bonchev–Trinajstić information content (AvgIpc) is 3.20. The molecule has 2 aromatic carbocycles. The number of ether oxygens (including phenoxy) is 6. The van der Waals surface area contributed by atoms with Gasteiger partial charge in [0.15, 0.2) is 23.0 Å². The average molecular weight is 427 g/mol. The van der Waals surface area contributed by atoms with Crippen molar-refractivity contribution in [1.29, 1.82) is 0 Å². The first-order valence-electron chi connectivity index (χ1n) is 10.2. The third-order valence-corrected chi connectivity index (χ3v) is 5.66. The molecule has 166 valence electrons. The number of benzene rings is 2. The van der Waals surface area contributed by atoms with Gasteiger partial charge in [-0.3, -0.25) is 0 Å². The highest BCUT2D eigenvalue weighted by Gasteiger charge is 2.38. The Morgan fingerprint density at radius 2 is 1.55 bits per heavy atom. The first-order valence-corrected chi connectivity index (χ1v) is 10.2. The van der Waals surface area contributed by atoms with Crippen molar-refractivity contribution >= 4 is 0 Å². The van der Waals surface area contributed by atoms with Crippen molar-refractivity contribution in [3.05, 3.63) is 47.5 Å². The molecule has 0 radical (unpaired) electrons.